The van der Waals surface area contributed by atoms with Gasteiger partial charge in [0.1, 0.15) is 5.82 Å². The predicted molar refractivity (Wildman–Crippen MR) is 137 cm³/mol. The van der Waals surface area contributed by atoms with Gasteiger partial charge in [-0.3, -0.25) is 0 Å². The lowest BCUT2D eigenvalue weighted by Gasteiger charge is -2.31. The highest BCUT2D eigenvalue weighted by Gasteiger charge is 2.32. The summed E-state index contributed by atoms with van der Waals surface area (Å²) in [4.78, 5) is 4.86. The minimum atomic E-state index is 1.07. The Labute approximate surface area is 192 Å². The zero-order valence-corrected chi connectivity index (χ0v) is 20.1. The number of allylic oxidation sites excluding steroid dienone is 1. The average molecular weight is 421 g/mol. The van der Waals surface area contributed by atoms with E-state index in [0.29, 0.717) is 0 Å². The molecule has 0 saturated carbocycles. The third kappa shape index (κ3) is 3.26. The molecule has 3 aromatic rings. The molecule has 0 spiro atoms. The zero-order chi connectivity index (χ0) is 22.6. The minimum Gasteiger partial charge on any atom is -0.301 e. The maximum Gasteiger partial charge on any atom is 0.125 e. The smallest absolute Gasteiger partial charge is 0.125 e. The highest BCUT2D eigenvalue weighted by molar-refractivity contribution is 5.87. The largest absolute Gasteiger partial charge is 0.301 e. The fraction of sp³-hybridized carbons (Fsp3) is 0.267. The molecule has 0 N–H and O–H groups in total. The summed E-state index contributed by atoms with van der Waals surface area (Å²) in [7, 11) is 0. The third-order valence-electron chi connectivity index (χ3n) is 6.83. The van der Waals surface area contributed by atoms with Crippen molar-refractivity contribution in [3.8, 4) is 0 Å². The van der Waals surface area contributed by atoms with Crippen molar-refractivity contribution in [2.75, 3.05) is 9.80 Å². The summed E-state index contributed by atoms with van der Waals surface area (Å²) in [5.74, 6) is 1.28. The Balaban J connectivity index is 1.77. The van der Waals surface area contributed by atoms with E-state index in [1.54, 1.807) is 0 Å². The van der Waals surface area contributed by atoms with E-state index >= 15 is 0 Å². The van der Waals surface area contributed by atoms with Crippen molar-refractivity contribution >= 4 is 16.9 Å². The van der Waals surface area contributed by atoms with Crippen molar-refractivity contribution in [1.29, 1.82) is 0 Å². The van der Waals surface area contributed by atoms with E-state index in [-0.39, 0.29) is 0 Å². The molecule has 1 aliphatic heterocycles. The third-order valence-corrected chi connectivity index (χ3v) is 6.83. The van der Waals surface area contributed by atoms with E-state index in [4.69, 9.17) is 0 Å². The van der Waals surface area contributed by atoms with Crippen LogP contribution in [0, 0.1) is 41.5 Å². The predicted octanol–water partition coefficient (Wildman–Crippen LogP) is 7.65. The van der Waals surface area contributed by atoms with Gasteiger partial charge >= 0.3 is 0 Å². The molecule has 2 aliphatic rings. The number of hydrogen-bond donors (Lipinski definition) is 0. The fourth-order valence-corrected chi connectivity index (χ4v) is 5.81. The Kier molecular flexibility index (Phi) is 4.97. The highest BCUT2D eigenvalue weighted by atomic mass is 15.4. The molecular weight excluding hydrogens is 388 g/mol. The molecule has 0 bridgehead atoms. The second kappa shape index (κ2) is 7.70. The van der Waals surface area contributed by atoms with Crippen LogP contribution >= 0.6 is 0 Å². The van der Waals surface area contributed by atoms with Crippen LogP contribution in [0.15, 0.2) is 66.8 Å². The molecule has 32 heavy (non-hydrogen) atoms. The van der Waals surface area contributed by atoms with Crippen LogP contribution in [0.1, 0.15) is 50.9 Å². The lowest BCUT2D eigenvalue weighted by Crippen LogP contribution is -2.26. The highest BCUT2D eigenvalue weighted by Crippen LogP contribution is 2.44. The van der Waals surface area contributed by atoms with Gasteiger partial charge in [0.05, 0.1) is 11.4 Å². The van der Waals surface area contributed by atoms with Crippen LogP contribution in [0.25, 0.3) is 5.57 Å². The quantitative estimate of drug-likeness (QED) is 0.420. The van der Waals surface area contributed by atoms with E-state index in [2.05, 4.69) is 112 Å². The summed E-state index contributed by atoms with van der Waals surface area (Å²) >= 11 is 0. The Morgan fingerprint density at radius 2 is 1.06 bits per heavy atom. The maximum absolute atomic E-state index is 2.43. The second-order valence-corrected chi connectivity index (χ2v) is 9.49. The number of anilines is 2. The van der Waals surface area contributed by atoms with Crippen molar-refractivity contribution in [3.05, 3.63) is 111 Å². The molecule has 0 aromatic heterocycles. The van der Waals surface area contributed by atoms with Crippen LogP contribution < -0.4 is 9.80 Å². The Morgan fingerprint density at radius 3 is 1.56 bits per heavy atom. The van der Waals surface area contributed by atoms with Gasteiger partial charge < -0.3 is 9.80 Å². The molecule has 1 aliphatic carbocycles. The van der Waals surface area contributed by atoms with Gasteiger partial charge in [-0.05, 0) is 87.8 Å². The van der Waals surface area contributed by atoms with Gasteiger partial charge in [0.2, 0.25) is 0 Å². The topological polar surface area (TPSA) is 6.48 Å². The van der Waals surface area contributed by atoms with Gasteiger partial charge in [-0.15, -0.1) is 0 Å². The van der Waals surface area contributed by atoms with Gasteiger partial charge in [-0.1, -0.05) is 59.7 Å². The molecular formula is C30H32N2. The van der Waals surface area contributed by atoms with Crippen molar-refractivity contribution in [1.82, 2.24) is 0 Å². The van der Waals surface area contributed by atoms with Crippen LogP contribution in [-0.2, 0) is 6.42 Å². The molecule has 2 heteroatoms. The van der Waals surface area contributed by atoms with E-state index in [1.165, 1.54) is 67.3 Å². The van der Waals surface area contributed by atoms with E-state index < -0.39 is 0 Å². The van der Waals surface area contributed by atoms with Gasteiger partial charge in [-0.2, -0.15) is 0 Å². The van der Waals surface area contributed by atoms with Crippen LogP contribution in [0.2, 0.25) is 0 Å². The Bertz CT molecular complexity index is 1180. The zero-order valence-electron chi connectivity index (χ0n) is 20.1. The van der Waals surface area contributed by atoms with E-state index in [0.717, 1.165) is 12.8 Å². The molecule has 0 atom stereocenters. The SMILES string of the molecule is Cc1cc(C)c(N2C=CN(c3c(C)cc(C)cc3C)C2=C2CCc3ccccc32)c(C)c1. The van der Waals surface area contributed by atoms with Gasteiger partial charge in [0.15, 0.2) is 0 Å². The van der Waals surface area contributed by atoms with E-state index in [1.807, 2.05) is 0 Å². The van der Waals surface area contributed by atoms with Crippen LogP contribution in [0.3, 0.4) is 0 Å². The van der Waals surface area contributed by atoms with Crippen LogP contribution in [-0.4, -0.2) is 0 Å². The molecule has 162 valence electrons. The molecule has 0 saturated heterocycles. The molecule has 2 nitrogen and oxygen atoms in total. The summed E-state index contributed by atoms with van der Waals surface area (Å²) in [5, 5.41) is 0. The van der Waals surface area contributed by atoms with Crippen molar-refractivity contribution in [3.63, 3.8) is 0 Å². The first-order chi connectivity index (χ1) is 15.3. The molecule has 5 rings (SSSR count). The normalized spacial score (nSPS) is 15.2. The monoisotopic (exact) mass is 420 g/mol. The first-order valence-electron chi connectivity index (χ1n) is 11.6. The Hall–Kier alpha value is -3.26. The lowest BCUT2D eigenvalue weighted by molar-refractivity contribution is 1.03. The van der Waals surface area contributed by atoms with Crippen molar-refractivity contribution in [2.24, 2.45) is 0 Å². The van der Waals surface area contributed by atoms with Crippen molar-refractivity contribution in [2.45, 2.75) is 54.4 Å². The summed E-state index contributed by atoms with van der Waals surface area (Å²) in [6.07, 6.45) is 6.69. The first kappa shape index (κ1) is 20.6. The molecule has 1 heterocycles. The first-order valence-corrected chi connectivity index (χ1v) is 11.6. The molecule has 0 amide bonds. The summed E-state index contributed by atoms with van der Waals surface area (Å²) < 4.78 is 0. The maximum atomic E-state index is 2.43. The number of hydrogen-bond acceptors (Lipinski definition) is 2. The van der Waals surface area contributed by atoms with Gasteiger partial charge in [-0.25, -0.2) is 0 Å². The fourth-order valence-electron chi connectivity index (χ4n) is 5.81. The lowest BCUT2D eigenvalue weighted by atomic mass is 10.0. The van der Waals surface area contributed by atoms with E-state index in [9.17, 15) is 0 Å². The number of benzene rings is 3. The molecule has 3 aromatic carbocycles. The number of aryl methyl sites for hydroxylation is 7. The number of rotatable bonds is 2. The molecule has 0 unspecified atom stereocenters. The summed E-state index contributed by atoms with van der Waals surface area (Å²) in [6, 6.07) is 18.1. The Morgan fingerprint density at radius 1 is 0.594 bits per heavy atom. The number of nitrogens with zero attached hydrogens (tertiary/aromatic N) is 2. The average Bonchev–Trinajstić information content (AvgIpc) is 3.31. The molecule has 0 fully saturated rings. The molecule has 0 radical (unpaired) electrons. The standard InChI is InChI=1S/C30H32N2/c1-19-15-21(3)28(22(4)16-19)31-13-14-32(29-23(5)17-20(2)18-24(29)6)30(31)27-12-11-25-9-7-8-10-26(25)27/h7-10,13-18H,11-12H2,1-6H3. The minimum absolute atomic E-state index is 1.07. The van der Waals surface area contributed by atoms with Crippen LogP contribution in [0.5, 0.6) is 0 Å². The second-order valence-electron chi connectivity index (χ2n) is 9.49. The van der Waals surface area contributed by atoms with Gasteiger partial charge in [0.25, 0.3) is 0 Å². The summed E-state index contributed by atoms with van der Waals surface area (Å²) in [5.41, 5.74) is 14.8. The van der Waals surface area contributed by atoms with Crippen LogP contribution in [0.4, 0.5) is 11.4 Å². The van der Waals surface area contributed by atoms with Gasteiger partial charge in [0, 0.05) is 18.0 Å². The van der Waals surface area contributed by atoms with Crippen molar-refractivity contribution < 1.29 is 0 Å². The number of fused-ring (bicyclic) bond motifs is 1. The summed E-state index contributed by atoms with van der Waals surface area (Å²) in [6.45, 7) is 13.3.